The van der Waals surface area contributed by atoms with Gasteiger partial charge < -0.3 is 0 Å². The molecular weight excluding hydrogens is 261 g/mol. The number of rotatable bonds is 3. The average Bonchev–Trinajstić information content (AvgIpc) is 2.45. The number of hydrogen-bond acceptors (Lipinski definition) is 1. The first kappa shape index (κ1) is 13.7. The highest BCUT2D eigenvalue weighted by atomic mass is 19.4. The summed E-state index contributed by atoms with van der Waals surface area (Å²) in [6.07, 6.45) is -10.1. The predicted octanol–water partition coefficient (Wildman–Crippen LogP) is 1.83. The minimum absolute atomic E-state index is 0.391. The van der Waals surface area contributed by atoms with Crippen LogP contribution in [0.5, 0.6) is 0 Å². The molecule has 98 valence electrons. The van der Waals surface area contributed by atoms with Crippen LogP contribution < -0.4 is 4.57 Å². The number of nitrogens with zero attached hydrogens (tertiary/aromatic N) is 2. The Morgan fingerprint density at radius 2 is 1.82 bits per heavy atom. The minimum Gasteiger partial charge on any atom is -0.246 e. The maximum atomic E-state index is 13.1. The summed E-state index contributed by atoms with van der Waals surface area (Å²) in [5, 5.41) is 0. The van der Waals surface area contributed by atoms with E-state index in [0.717, 1.165) is 13.2 Å². The van der Waals surface area contributed by atoms with Crippen LogP contribution in [-0.2, 0) is 17.8 Å². The van der Waals surface area contributed by atoms with E-state index in [0.29, 0.717) is 10.8 Å². The van der Waals surface area contributed by atoms with Gasteiger partial charge in [-0.05, 0) is 0 Å². The molecule has 0 amide bonds. The Labute approximate surface area is 90.0 Å². The van der Waals surface area contributed by atoms with Crippen molar-refractivity contribution in [3.63, 3.8) is 0 Å². The average molecular weight is 267 g/mol. The molecule has 0 saturated heterocycles. The molecule has 1 rings (SSSR count). The molecule has 0 fully saturated rings. The van der Waals surface area contributed by atoms with Gasteiger partial charge in [0.2, 0.25) is 0 Å². The minimum atomic E-state index is -5.59. The van der Waals surface area contributed by atoms with Gasteiger partial charge in [0.25, 0.3) is 0 Å². The van der Waals surface area contributed by atoms with Gasteiger partial charge in [-0.25, -0.2) is 13.7 Å². The molecule has 0 aliphatic heterocycles. The molecule has 1 aromatic heterocycles. The lowest BCUT2D eigenvalue weighted by Gasteiger charge is -2.18. The molecular formula is C7H6F7N2O+. The third-order valence-corrected chi connectivity index (χ3v) is 1.76. The van der Waals surface area contributed by atoms with E-state index in [1.54, 1.807) is 0 Å². The van der Waals surface area contributed by atoms with Crippen molar-refractivity contribution in [2.75, 3.05) is 0 Å². The van der Waals surface area contributed by atoms with Crippen LogP contribution in [-0.4, -0.2) is 17.3 Å². The molecule has 1 unspecified atom stereocenters. The molecule has 17 heavy (non-hydrogen) atoms. The number of hydrogen-bond donors (Lipinski definition) is 0. The van der Waals surface area contributed by atoms with Gasteiger partial charge >= 0.3 is 24.8 Å². The van der Waals surface area contributed by atoms with Gasteiger partial charge in [-0.1, -0.05) is 0 Å². The number of aryl methyl sites for hydroxylation is 1. The summed E-state index contributed by atoms with van der Waals surface area (Å²) < 4.78 is 88.9. The molecule has 1 atom stereocenters. The molecule has 3 nitrogen and oxygen atoms in total. The molecule has 0 spiro atoms. The highest BCUT2D eigenvalue weighted by Gasteiger charge is 2.55. The van der Waals surface area contributed by atoms with Gasteiger partial charge in [-0.3, -0.25) is 0 Å². The summed E-state index contributed by atoms with van der Waals surface area (Å²) in [6.45, 7) is 0. The zero-order valence-corrected chi connectivity index (χ0v) is 8.18. The van der Waals surface area contributed by atoms with Crippen molar-refractivity contribution in [3.05, 3.63) is 18.5 Å². The summed E-state index contributed by atoms with van der Waals surface area (Å²) in [7, 11) is 1.01. The maximum absolute atomic E-state index is 13.1. The molecule has 0 saturated carbocycles. The molecule has 0 N–H and O–H groups in total. The summed E-state index contributed by atoms with van der Waals surface area (Å²) in [4.78, 5) is 0. The molecule has 1 heterocycles. The number of ether oxygens (including phenoxy) is 1. The Morgan fingerprint density at radius 3 is 2.18 bits per heavy atom. The van der Waals surface area contributed by atoms with Crippen LogP contribution >= 0.6 is 0 Å². The van der Waals surface area contributed by atoms with Gasteiger partial charge in [-0.15, -0.1) is 22.1 Å². The lowest BCUT2D eigenvalue weighted by molar-refractivity contribution is -0.701. The summed E-state index contributed by atoms with van der Waals surface area (Å²) in [5.41, 5.74) is 0. The van der Waals surface area contributed by atoms with Gasteiger partial charge in [0, 0.05) is 0 Å². The Kier molecular flexibility index (Phi) is 3.37. The first-order valence-corrected chi connectivity index (χ1v) is 4.05. The van der Waals surface area contributed by atoms with Crippen LogP contribution in [0.3, 0.4) is 0 Å². The lowest BCUT2D eigenvalue weighted by atomic mass is 10.5. The Hall–Kier alpha value is -1.32. The zero-order chi connectivity index (χ0) is 13.4. The fraction of sp³-hybridized carbons (Fsp3) is 0.571. The van der Waals surface area contributed by atoms with Gasteiger partial charge in [0.15, 0.2) is 0 Å². The molecule has 10 heteroatoms. The van der Waals surface area contributed by atoms with E-state index in [4.69, 9.17) is 0 Å². The molecule has 0 radical (unpaired) electrons. The number of imidazole rings is 1. The largest absolute Gasteiger partial charge is 0.525 e. The monoisotopic (exact) mass is 267 g/mol. The third kappa shape index (κ3) is 2.87. The summed E-state index contributed by atoms with van der Waals surface area (Å²) in [5.74, 6) is 0. The van der Waals surface area contributed by atoms with E-state index in [1.165, 1.54) is 0 Å². The van der Waals surface area contributed by atoms with Gasteiger partial charge in [0.05, 0.1) is 7.05 Å². The molecule has 1 aromatic rings. The van der Waals surface area contributed by atoms with E-state index in [9.17, 15) is 30.7 Å². The van der Waals surface area contributed by atoms with E-state index in [1.807, 2.05) is 0 Å². The van der Waals surface area contributed by atoms with Crippen LogP contribution in [0.25, 0.3) is 0 Å². The third-order valence-electron chi connectivity index (χ3n) is 1.76. The fourth-order valence-electron chi connectivity index (χ4n) is 0.980. The van der Waals surface area contributed by atoms with E-state index in [2.05, 4.69) is 4.74 Å². The maximum Gasteiger partial charge on any atom is 0.525 e. The van der Waals surface area contributed by atoms with Crippen LogP contribution in [0.4, 0.5) is 30.7 Å². The SMILES string of the molecule is C[n+]1ccn(C(F)(F)C(F)OC(F)(F)F)c1F. The Bertz CT molecular complexity index is 399. The predicted molar refractivity (Wildman–Crippen MR) is 37.8 cm³/mol. The van der Waals surface area contributed by atoms with Crippen LogP contribution in [0.1, 0.15) is 0 Å². The first-order chi connectivity index (χ1) is 7.55. The molecule has 0 aliphatic carbocycles. The normalized spacial score (nSPS) is 15.1. The fourth-order valence-corrected chi connectivity index (χ4v) is 0.980. The van der Waals surface area contributed by atoms with Crippen LogP contribution in [0, 0.1) is 6.08 Å². The van der Waals surface area contributed by atoms with Crippen molar-refractivity contribution in [3.8, 4) is 0 Å². The van der Waals surface area contributed by atoms with Crippen molar-refractivity contribution >= 4 is 0 Å². The van der Waals surface area contributed by atoms with Crippen molar-refractivity contribution < 1.29 is 40.0 Å². The number of halogens is 7. The second-order valence-electron chi connectivity index (χ2n) is 3.02. The lowest BCUT2D eigenvalue weighted by Crippen LogP contribution is -2.42. The smallest absolute Gasteiger partial charge is 0.246 e. The Balaban J connectivity index is 2.98. The highest BCUT2D eigenvalue weighted by molar-refractivity contribution is 4.78. The first-order valence-electron chi connectivity index (χ1n) is 4.05. The van der Waals surface area contributed by atoms with E-state index in [-0.39, 0.29) is 0 Å². The second kappa shape index (κ2) is 4.17. The highest BCUT2D eigenvalue weighted by Crippen LogP contribution is 2.33. The molecule has 0 bridgehead atoms. The molecule has 0 aliphatic rings. The zero-order valence-electron chi connectivity index (χ0n) is 8.18. The number of alkyl halides is 6. The van der Waals surface area contributed by atoms with Gasteiger partial charge in [-0.2, -0.15) is 8.78 Å². The standard InChI is InChI=1S/C7H6F7N2O/c1-15-2-3-16(5(15)9)6(10,11)4(8)17-7(12,13)14/h2-4H,1H3/q+1. The van der Waals surface area contributed by atoms with Crippen LogP contribution in [0.2, 0.25) is 0 Å². The number of aromatic nitrogens is 2. The quantitative estimate of drug-likeness (QED) is 0.603. The topological polar surface area (TPSA) is 18.0 Å². The van der Waals surface area contributed by atoms with Crippen LogP contribution in [0.15, 0.2) is 12.4 Å². The van der Waals surface area contributed by atoms with Crippen molar-refractivity contribution in [2.45, 2.75) is 18.8 Å². The van der Waals surface area contributed by atoms with Crippen molar-refractivity contribution in [1.82, 2.24) is 4.57 Å². The summed E-state index contributed by atoms with van der Waals surface area (Å²) >= 11 is 0. The van der Waals surface area contributed by atoms with Crippen molar-refractivity contribution in [1.29, 1.82) is 0 Å². The van der Waals surface area contributed by atoms with E-state index < -0.39 is 29.4 Å². The van der Waals surface area contributed by atoms with E-state index >= 15 is 0 Å². The second-order valence-corrected chi connectivity index (χ2v) is 3.02. The van der Waals surface area contributed by atoms with Gasteiger partial charge in [0.1, 0.15) is 12.4 Å². The molecule has 0 aromatic carbocycles. The Morgan fingerprint density at radius 1 is 1.29 bits per heavy atom. The summed E-state index contributed by atoms with van der Waals surface area (Å²) in [6, 6.07) is -4.82. The van der Waals surface area contributed by atoms with Crippen molar-refractivity contribution in [2.24, 2.45) is 7.05 Å².